The molecule has 0 radical (unpaired) electrons. The van der Waals surface area contributed by atoms with Crippen LogP contribution in [0.25, 0.3) is 0 Å². The zero-order valence-electron chi connectivity index (χ0n) is 12.5. The minimum absolute atomic E-state index is 0.0367. The molecule has 0 aliphatic heterocycles. The van der Waals surface area contributed by atoms with Crippen molar-refractivity contribution in [2.75, 3.05) is 6.54 Å². The maximum atomic E-state index is 13.5. The van der Waals surface area contributed by atoms with Crippen LogP contribution < -0.4 is 5.32 Å². The van der Waals surface area contributed by atoms with Gasteiger partial charge in [0.05, 0.1) is 0 Å². The molecule has 118 valence electrons. The second-order valence-corrected chi connectivity index (χ2v) is 5.21. The van der Waals surface area contributed by atoms with Gasteiger partial charge in [0.25, 0.3) is 5.91 Å². The number of rotatable bonds is 6. The topological polar surface area (TPSA) is 80.0 Å². The molecule has 0 saturated carbocycles. The highest BCUT2D eigenvalue weighted by Gasteiger charge is 2.20. The van der Waals surface area contributed by atoms with E-state index >= 15 is 0 Å². The van der Waals surface area contributed by atoms with Crippen LogP contribution in [-0.2, 0) is 11.2 Å². The van der Waals surface area contributed by atoms with Crippen molar-refractivity contribution in [1.29, 1.82) is 0 Å². The summed E-state index contributed by atoms with van der Waals surface area (Å²) in [7, 11) is 0. The number of aromatic nitrogens is 3. The van der Waals surface area contributed by atoms with Gasteiger partial charge in [0.15, 0.2) is 6.10 Å². The standard InChI is InChI=1S/C15H19FN4O2/c1-10(2)20-9-18-19-13(20)7-8-17-15(22)14(21)11-5-3-4-6-12(11)16/h3-6,9-10,14,21H,7-8H2,1-2H3,(H,17,22)/t14-/m1/s1. The molecule has 0 unspecified atom stereocenters. The summed E-state index contributed by atoms with van der Waals surface area (Å²) in [6, 6.07) is 5.89. The molecule has 0 fully saturated rings. The Labute approximate surface area is 128 Å². The van der Waals surface area contributed by atoms with Gasteiger partial charge in [-0.15, -0.1) is 10.2 Å². The van der Waals surface area contributed by atoms with E-state index in [4.69, 9.17) is 0 Å². The fraction of sp³-hybridized carbons (Fsp3) is 0.400. The summed E-state index contributed by atoms with van der Waals surface area (Å²) in [5.41, 5.74) is -0.0367. The number of halogens is 1. The van der Waals surface area contributed by atoms with Gasteiger partial charge in [-0.3, -0.25) is 4.79 Å². The molecule has 1 heterocycles. The molecule has 0 saturated heterocycles. The number of amides is 1. The predicted molar refractivity (Wildman–Crippen MR) is 78.5 cm³/mol. The Morgan fingerprint density at radius 2 is 2.14 bits per heavy atom. The van der Waals surface area contributed by atoms with E-state index in [9.17, 15) is 14.3 Å². The normalized spacial score (nSPS) is 12.4. The third-order valence-corrected chi connectivity index (χ3v) is 3.30. The van der Waals surface area contributed by atoms with Gasteiger partial charge in [-0.05, 0) is 19.9 Å². The first-order valence-electron chi connectivity index (χ1n) is 7.09. The van der Waals surface area contributed by atoms with Gasteiger partial charge < -0.3 is 15.0 Å². The maximum Gasteiger partial charge on any atom is 0.253 e. The van der Waals surface area contributed by atoms with Crippen LogP contribution in [0.3, 0.4) is 0 Å². The summed E-state index contributed by atoms with van der Waals surface area (Å²) in [6.45, 7) is 4.30. The van der Waals surface area contributed by atoms with Gasteiger partial charge in [-0.2, -0.15) is 0 Å². The van der Waals surface area contributed by atoms with Crippen molar-refractivity contribution in [3.63, 3.8) is 0 Å². The van der Waals surface area contributed by atoms with E-state index in [0.717, 1.165) is 5.82 Å². The number of nitrogens with one attached hydrogen (secondary N) is 1. The van der Waals surface area contributed by atoms with Crippen molar-refractivity contribution in [2.45, 2.75) is 32.4 Å². The van der Waals surface area contributed by atoms with Crippen molar-refractivity contribution >= 4 is 5.91 Å². The Morgan fingerprint density at radius 3 is 2.82 bits per heavy atom. The Balaban J connectivity index is 1.90. The summed E-state index contributed by atoms with van der Waals surface area (Å²) in [5.74, 6) is -0.499. The Hall–Kier alpha value is -2.28. The average molecular weight is 306 g/mol. The van der Waals surface area contributed by atoms with Crippen LogP contribution in [-0.4, -0.2) is 32.3 Å². The molecule has 0 aliphatic rings. The first kappa shape index (κ1) is 16.1. The zero-order valence-corrected chi connectivity index (χ0v) is 12.5. The predicted octanol–water partition coefficient (Wildman–Crippen LogP) is 1.39. The third-order valence-electron chi connectivity index (χ3n) is 3.30. The molecule has 0 bridgehead atoms. The van der Waals surface area contributed by atoms with Gasteiger partial charge in [0.2, 0.25) is 0 Å². The lowest BCUT2D eigenvalue weighted by Gasteiger charge is -2.13. The average Bonchev–Trinajstić information content (AvgIpc) is 2.95. The minimum atomic E-state index is -1.52. The lowest BCUT2D eigenvalue weighted by molar-refractivity contribution is -0.129. The van der Waals surface area contributed by atoms with Gasteiger partial charge in [-0.1, -0.05) is 18.2 Å². The van der Waals surface area contributed by atoms with Gasteiger partial charge >= 0.3 is 0 Å². The van der Waals surface area contributed by atoms with Crippen LogP contribution in [0.1, 0.15) is 37.4 Å². The van der Waals surface area contributed by atoms with Crippen molar-refractivity contribution < 1.29 is 14.3 Å². The van der Waals surface area contributed by atoms with Crippen molar-refractivity contribution in [3.05, 3.63) is 47.8 Å². The van der Waals surface area contributed by atoms with Crippen LogP contribution in [0, 0.1) is 5.82 Å². The number of benzene rings is 1. The zero-order chi connectivity index (χ0) is 16.1. The molecule has 1 aromatic carbocycles. The Bertz CT molecular complexity index is 642. The van der Waals surface area contributed by atoms with Gasteiger partial charge in [-0.25, -0.2) is 4.39 Å². The quantitative estimate of drug-likeness (QED) is 0.845. The van der Waals surface area contributed by atoms with E-state index in [2.05, 4.69) is 15.5 Å². The molecule has 6 nitrogen and oxygen atoms in total. The van der Waals surface area contributed by atoms with Crippen LogP contribution in [0.2, 0.25) is 0 Å². The monoisotopic (exact) mass is 306 g/mol. The molecule has 7 heteroatoms. The molecule has 1 aromatic heterocycles. The molecule has 22 heavy (non-hydrogen) atoms. The van der Waals surface area contributed by atoms with Crippen molar-refractivity contribution in [2.24, 2.45) is 0 Å². The number of carbonyl (C=O) groups excluding carboxylic acids is 1. The molecule has 2 rings (SSSR count). The highest BCUT2D eigenvalue weighted by Crippen LogP contribution is 2.16. The number of aliphatic hydroxyl groups excluding tert-OH is 1. The molecular weight excluding hydrogens is 287 g/mol. The van der Waals surface area contributed by atoms with E-state index in [1.807, 2.05) is 18.4 Å². The smallest absolute Gasteiger partial charge is 0.253 e. The largest absolute Gasteiger partial charge is 0.378 e. The van der Waals surface area contributed by atoms with E-state index in [-0.39, 0.29) is 18.2 Å². The number of nitrogens with zero attached hydrogens (tertiary/aromatic N) is 3. The second kappa shape index (κ2) is 7.13. The fourth-order valence-electron chi connectivity index (χ4n) is 2.11. The number of carbonyl (C=O) groups is 1. The van der Waals surface area contributed by atoms with Crippen molar-refractivity contribution in [3.8, 4) is 0 Å². The number of hydrogen-bond donors (Lipinski definition) is 2. The van der Waals surface area contributed by atoms with Crippen LogP contribution >= 0.6 is 0 Å². The third kappa shape index (κ3) is 3.67. The summed E-state index contributed by atoms with van der Waals surface area (Å²) < 4.78 is 15.4. The lowest BCUT2D eigenvalue weighted by atomic mass is 10.1. The number of aliphatic hydroxyl groups is 1. The van der Waals surface area contributed by atoms with E-state index in [0.29, 0.717) is 6.42 Å². The van der Waals surface area contributed by atoms with Gasteiger partial charge in [0, 0.05) is 24.6 Å². The summed E-state index contributed by atoms with van der Waals surface area (Å²) in [6.07, 6.45) is 0.591. The van der Waals surface area contributed by atoms with Crippen LogP contribution in [0.15, 0.2) is 30.6 Å². The van der Waals surface area contributed by atoms with E-state index < -0.39 is 17.8 Å². The molecular formula is C15H19FN4O2. The Morgan fingerprint density at radius 1 is 1.41 bits per heavy atom. The molecule has 2 N–H and O–H groups in total. The highest BCUT2D eigenvalue weighted by atomic mass is 19.1. The maximum absolute atomic E-state index is 13.5. The molecule has 0 aliphatic carbocycles. The minimum Gasteiger partial charge on any atom is -0.378 e. The molecule has 1 atom stereocenters. The fourth-order valence-corrected chi connectivity index (χ4v) is 2.11. The summed E-state index contributed by atoms with van der Waals surface area (Å²) >= 11 is 0. The Kier molecular flexibility index (Phi) is 5.21. The second-order valence-electron chi connectivity index (χ2n) is 5.21. The first-order valence-corrected chi connectivity index (χ1v) is 7.09. The van der Waals surface area contributed by atoms with Crippen molar-refractivity contribution in [1.82, 2.24) is 20.1 Å². The lowest BCUT2D eigenvalue weighted by Crippen LogP contribution is -2.31. The van der Waals surface area contributed by atoms with Crippen LogP contribution in [0.5, 0.6) is 0 Å². The number of hydrogen-bond acceptors (Lipinski definition) is 4. The van der Waals surface area contributed by atoms with Crippen LogP contribution in [0.4, 0.5) is 4.39 Å². The SMILES string of the molecule is CC(C)n1cnnc1CCNC(=O)[C@H](O)c1ccccc1F. The van der Waals surface area contributed by atoms with E-state index in [1.165, 1.54) is 18.2 Å². The molecule has 2 aromatic rings. The summed E-state index contributed by atoms with van der Waals surface area (Å²) in [5, 5.41) is 20.3. The molecule has 0 spiro atoms. The highest BCUT2D eigenvalue weighted by molar-refractivity contribution is 5.81. The van der Waals surface area contributed by atoms with Gasteiger partial charge in [0.1, 0.15) is 18.0 Å². The first-order chi connectivity index (χ1) is 10.5. The molecule has 1 amide bonds. The summed E-state index contributed by atoms with van der Waals surface area (Å²) in [4.78, 5) is 11.9. The van der Waals surface area contributed by atoms with E-state index in [1.54, 1.807) is 12.4 Å².